The van der Waals surface area contributed by atoms with Gasteiger partial charge in [0.25, 0.3) is 0 Å². The number of nitrogens with zero attached hydrogens (tertiary/aromatic N) is 2. The molecule has 0 aliphatic rings. The Morgan fingerprint density at radius 3 is 2.68 bits per heavy atom. The molecule has 6 heteroatoms. The molecule has 0 aliphatic heterocycles. The molecule has 0 atom stereocenters. The highest BCUT2D eigenvalue weighted by Crippen LogP contribution is 2.19. The van der Waals surface area contributed by atoms with Crippen LogP contribution >= 0.6 is 0 Å². The van der Waals surface area contributed by atoms with Gasteiger partial charge in [0.1, 0.15) is 16.2 Å². The van der Waals surface area contributed by atoms with Gasteiger partial charge in [-0.05, 0) is 24.3 Å². The number of hydrogen-bond donors (Lipinski definition) is 0. The fraction of sp³-hybridized carbons (Fsp3) is 0. The fourth-order valence-corrected chi connectivity index (χ4v) is 1.64. The lowest BCUT2D eigenvalue weighted by molar-refractivity contribution is -0.402. The van der Waals surface area contributed by atoms with E-state index in [0.29, 0.717) is 17.2 Å². The number of oxazole rings is 1. The van der Waals surface area contributed by atoms with E-state index in [4.69, 9.17) is 8.83 Å². The second-order valence-corrected chi connectivity index (χ2v) is 3.79. The minimum Gasteiger partial charge on any atom is -0.437 e. The summed E-state index contributed by atoms with van der Waals surface area (Å²) in [5.74, 6) is 0.492. The molecule has 0 unspecified atom stereocenters. The van der Waals surface area contributed by atoms with E-state index in [2.05, 4.69) is 4.98 Å². The van der Waals surface area contributed by atoms with Gasteiger partial charge in [0, 0.05) is 6.08 Å². The highest BCUT2D eigenvalue weighted by atomic mass is 16.6. The monoisotopic (exact) mass is 256 g/mol. The van der Waals surface area contributed by atoms with Crippen LogP contribution in [0.15, 0.2) is 45.2 Å². The summed E-state index contributed by atoms with van der Waals surface area (Å²) in [5, 5.41) is 10.5. The lowest BCUT2D eigenvalue weighted by Crippen LogP contribution is -1.82. The molecule has 1 aromatic carbocycles. The van der Waals surface area contributed by atoms with Gasteiger partial charge >= 0.3 is 5.88 Å². The summed E-state index contributed by atoms with van der Waals surface area (Å²) in [6, 6.07) is 10.2. The second kappa shape index (κ2) is 4.41. The highest BCUT2D eigenvalue weighted by molar-refractivity contribution is 5.75. The Labute approximate surface area is 107 Å². The van der Waals surface area contributed by atoms with Crippen LogP contribution in [-0.4, -0.2) is 9.91 Å². The van der Waals surface area contributed by atoms with Crippen LogP contribution in [0.1, 0.15) is 11.7 Å². The van der Waals surface area contributed by atoms with Crippen LogP contribution in [0, 0.1) is 10.1 Å². The van der Waals surface area contributed by atoms with Crippen molar-refractivity contribution in [1.29, 1.82) is 0 Å². The van der Waals surface area contributed by atoms with E-state index >= 15 is 0 Å². The number of fused-ring (bicyclic) bond motifs is 1. The number of aromatic nitrogens is 1. The molecule has 0 aliphatic carbocycles. The molecule has 94 valence electrons. The lowest BCUT2D eigenvalue weighted by Gasteiger charge is -1.83. The number of hydrogen-bond acceptors (Lipinski definition) is 5. The van der Waals surface area contributed by atoms with Crippen molar-refractivity contribution in [3.05, 3.63) is 58.2 Å². The van der Waals surface area contributed by atoms with Crippen LogP contribution in [0.2, 0.25) is 0 Å². The first-order valence-electron chi connectivity index (χ1n) is 5.50. The minimum absolute atomic E-state index is 0.294. The molecular weight excluding hydrogens is 248 g/mol. The lowest BCUT2D eigenvalue weighted by atomic mass is 10.3. The van der Waals surface area contributed by atoms with Crippen molar-refractivity contribution in [2.45, 2.75) is 0 Å². The summed E-state index contributed by atoms with van der Waals surface area (Å²) in [5.41, 5.74) is 1.44. The third-order valence-electron chi connectivity index (χ3n) is 2.49. The Morgan fingerprint density at radius 2 is 1.95 bits per heavy atom. The number of para-hydroxylation sites is 2. The Kier molecular flexibility index (Phi) is 2.60. The van der Waals surface area contributed by atoms with Crippen LogP contribution in [0.25, 0.3) is 23.3 Å². The molecule has 2 heterocycles. The molecule has 0 amide bonds. The minimum atomic E-state index is -0.587. The molecule has 19 heavy (non-hydrogen) atoms. The van der Waals surface area contributed by atoms with E-state index in [-0.39, 0.29) is 5.88 Å². The summed E-state index contributed by atoms with van der Waals surface area (Å²) in [7, 11) is 0. The third kappa shape index (κ3) is 2.23. The zero-order valence-corrected chi connectivity index (χ0v) is 9.65. The summed E-state index contributed by atoms with van der Waals surface area (Å²) < 4.78 is 10.5. The van der Waals surface area contributed by atoms with Gasteiger partial charge in [-0.25, -0.2) is 4.98 Å². The van der Waals surface area contributed by atoms with Gasteiger partial charge in [0.05, 0.1) is 6.07 Å². The van der Waals surface area contributed by atoms with Crippen molar-refractivity contribution in [2.75, 3.05) is 0 Å². The maximum absolute atomic E-state index is 10.5. The molecule has 0 spiro atoms. The Morgan fingerprint density at radius 1 is 1.11 bits per heavy atom. The van der Waals surface area contributed by atoms with Crippen LogP contribution in [0.4, 0.5) is 5.88 Å². The van der Waals surface area contributed by atoms with E-state index in [0.717, 1.165) is 5.52 Å². The molecule has 0 N–H and O–H groups in total. The van der Waals surface area contributed by atoms with E-state index in [1.54, 1.807) is 12.2 Å². The summed E-state index contributed by atoms with van der Waals surface area (Å²) in [6.45, 7) is 0. The summed E-state index contributed by atoms with van der Waals surface area (Å²) in [4.78, 5) is 14.1. The summed E-state index contributed by atoms with van der Waals surface area (Å²) >= 11 is 0. The van der Waals surface area contributed by atoms with Crippen LogP contribution in [-0.2, 0) is 0 Å². The van der Waals surface area contributed by atoms with Gasteiger partial charge in [-0.1, -0.05) is 12.1 Å². The Hall–Kier alpha value is -2.89. The average Bonchev–Trinajstić information content (AvgIpc) is 3.02. The zero-order valence-electron chi connectivity index (χ0n) is 9.65. The van der Waals surface area contributed by atoms with Gasteiger partial charge in [-0.2, -0.15) is 0 Å². The second-order valence-electron chi connectivity index (χ2n) is 3.79. The van der Waals surface area contributed by atoms with Crippen LogP contribution in [0.5, 0.6) is 0 Å². The quantitative estimate of drug-likeness (QED) is 0.529. The number of nitro groups is 1. The number of benzene rings is 1. The largest absolute Gasteiger partial charge is 0.437 e. The molecule has 2 aromatic heterocycles. The van der Waals surface area contributed by atoms with Crippen molar-refractivity contribution >= 4 is 29.1 Å². The van der Waals surface area contributed by atoms with E-state index < -0.39 is 4.92 Å². The average molecular weight is 256 g/mol. The molecule has 3 aromatic rings. The van der Waals surface area contributed by atoms with Crippen molar-refractivity contribution < 1.29 is 13.8 Å². The first kappa shape index (κ1) is 11.2. The standard InChI is InChI=1S/C13H8N2O4/c16-15(17)13-8-6-9(18-13)5-7-12-14-10-3-1-2-4-11(10)19-12/h1-8H/b7-5+. The smallest absolute Gasteiger partial charge is 0.433 e. The zero-order chi connectivity index (χ0) is 13.2. The topological polar surface area (TPSA) is 82.3 Å². The van der Waals surface area contributed by atoms with E-state index in [9.17, 15) is 10.1 Å². The van der Waals surface area contributed by atoms with Crippen molar-refractivity contribution in [2.24, 2.45) is 0 Å². The van der Waals surface area contributed by atoms with Gasteiger partial charge in [-0.15, -0.1) is 0 Å². The predicted molar refractivity (Wildman–Crippen MR) is 68.3 cm³/mol. The van der Waals surface area contributed by atoms with Gasteiger partial charge in [-0.3, -0.25) is 10.1 Å². The predicted octanol–water partition coefficient (Wildman–Crippen LogP) is 3.50. The molecule has 6 nitrogen and oxygen atoms in total. The van der Waals surface area contributed by atoms with Gasteiger partial charge in [0.2, 0.25) is 5.89 Å². The first-order valence-corrected chi connectivity index (χ1v) is 5.50. The normalized spacial score (nSPS) is 11.4. The highest BCUT2D eigenvalue weighted by Gasteiger charge is 2.10. The fourth-order valence-electron chi connectivity index (χ4n) is 1.64. The molecule has 0 fully saturated rings. The van der Waals surface area contributed by atoms with Crippen molar-refractivity contribution in [1.82, 2.24) is 4.98 Å². The van der Waals surface area contributed by atoms with Gasteiger partial charge < -0.3 is 8.83 Å². The molecule has 0 radical (unpaired) electrons. The van der Waals surface area contributed by atoms with E-state index in [1.807, 2.05) is 24.3 Å². The number of rotatable bonds is 3. The van der Waals surface area contributed by atoms with Crippen molar-refractivity contribution in [3.8, 4) is 0 Å². The Balaban J connectivity index is 1.86. The molecule has 0 saturated heterocycles. The SMILES string of the molecule is O=[N+]([O-])c1ccc(/C=C/c2nc3ccccc3o2)o1. The maximum Gasteiger partial charge on any atom is 0.433 e. The Bertz CT molecular complexity index is 737. The van der Waals surface area contributed by atoms with Crippen LogP contribution < -0.4 is 0 Å². The van der Waals surface area contributed by atoms with E-state index in [1.165, 1.54) is 12.1 Å². The molecule has 0 saturated carbocycles. The van der Waals surface area contributed by atoms with Crippen molar-refractivity contribution in [3.63, 3.8) is 0 Å². The number of furan rings is 1. The first-order chi connectivity index (χ1) is 9.22. The third-order valence-corrected chi connectivity index (χ3v) is 2.49. The maximum atomic E-state index is 10.5. The summed E-state index contributed by atoms with van der Waals surface area (Å²) in [6.07, 6.45) is 3.17. The molecule has 3 rings (SSSR count). The van der Waals surface area contributed by atoms with Crippen LogP contribution in [0.3, 0.4) is 0 Å². The van der Waals surface area contributed by atoms with Gasteiger partial charge in [0.15, 0.2) is 5.58 Å². The molecular formula is C13H8N2O4. The molecule has 0 bridgehead atoms.